The molecule has 128 valence electrons. The Bertz CT molecular complexity index is 869. The summed E-state index contributed by atoms with van der Waals surface area (Å²) >= 11 is 13.4. The van der Waals surface area contributed by atoms with E-state index in [2.05, 4.69) is 10.3 Å². The summed E-state index contributed by atoms with van der Waals surface area (Å²) in [5, 5.41) is 7.74. The molecule has 7 heteroatoms. The summed E-state index contributed by atoms with van der Waals surface area (Å²) in [7, 11) is 0. The number of thiophene rings is 1. The largest absolute Gasteiger partial charge is 0.482 e. The van der Waals surface area contributed by atoms with Crippen molar-refractivity contribution in [3.05, 3.63) is 69.0 Å². The van der Waals surface area contributed by atoms with Gasteiger partial charge in [-0.05, 0) is 47.3 Å². The molecule has 2 heterocycles. The molecule has 0 fully saturated rings. The summed E-state index contributed by atoms with van der Waals surface area (Å²) in [6, 6.07) is 10.7. The van der Waals surface area contributed by atoms with Gasteiger partial charge in [-0.1, -0.05) is 23.2 Å². The molecule has 0 aliphatic rings. The Labute approximate surface area is 159 Å². The number of carbonyl (C=O) groups excluding carboxylic acids is 1. The number of hydrogen-bond donors (Lipinski definition) is 1. The highest BCUT2D eigenvalue weighted by molar-refractivity contribution is 7.08. The minimum atomic E-state index is -0.236. The Morgan fingerprint density at radius 1 is 1.20 bits per heavy atom. The van der Waals surface area contributed by atoms with Crippen LogP contribution in [-0.2, 0) is 11.3 Å². The first-order valence-corrected chi connectivity index (χ1v) is 9.14. The minimum absolute atomic E-state index is 0.121. The molecular weight excluding hydrogens is 379 g/mol. The molecule has 0 aliphatic carbocycles. The first-order chi connectivity index (χ1) is 12.1. The molecule has 0 atom stereocenters. The second-order valence-corrected chi connectivity index (χ2v) is 6.83. The number of halogens is 2. The highest BCUT2D eigenvalue weighted by atomic mass is 35.5. The van der Waals surface area contributed by atoms with E-state index in [0.717, 1.165) is 16.8 Å². The van der Waals surface area contributed by atoms with Gasteiger partial charge in [0.1, 0.15) is 5.75 Å². The van der Waals surface area contributed by atoms with Gasteiger partial charge < -0.3 is 10.1 Å². The maximum atomic E-state index is 12.0. The van der Waals surface area contributed by atoms with E-state index in [1.165, 1.54) is 0 Å². The first kappa shape index (κ1) is 17.7. The van der Waals surface area contributed by atoms with Crippen LogP contribution in [0.15, 0.2) is 53.4 Å². The van der Waals surface area contributed by atoms with Crippen LogP contribution in [0.5, 0.6) is 5.75 Å². The van der Waals surface area contributed by atoms with Crippen LogP contribution in [0.4, 0.5) is 0 Å². The van der Waals surface area contributed by atoms with Crippen molar-refractivity contribution in [2.75, 3.05) is 6.61 Å². The van der Waals surface area contributed by atoms with Crippen LogP contribution in [0.25, 0.3) is 11.3 Å². The molecule has 0 spiro atoms. The lowest BCUT2D eigenvalue weighted by Gasteiger charge is -2.09. The van der Waals surface area contributed by atoms with Gasteiger partial charge in [-0.25, -0.2) is 0 Å². The molecule has 1 N–H and O–H groups in total. The van der Waals surface area contributed by atoms with Gasteiger partial charge in [0.05, 0.1) is 10.7 Å². The summed E-state index contributed by atoms with van der Waals surface area (Å²) in [6.07, 6.45) is 1.73. The third kappa shape index (κ3) is 4.95. The summed E-state index contributed by atoms with van der Waals surface area (Å²) in [5.41, 5.74) is 2.92. The summed E-state index contributed by atoms with van der Waals surface area (Å²) in [6.45, 7) is 0.278. The van der Waals surface area contributed by atoms with Crippen molar-refractivity contribution in [2.24, 2.45) is 0 Å². The molecular formula is C18H14Cl2N2O2S. The van der Waals surface area contributed by atoms with Crippen LogP contribution >= 0.6 is 34.5 Å². The molecule has 1 amide bonds. The zero-order valence-electron chi connectivity index (χ0n) is 13.0. The molecule has 3 rings (SSSR count). The number of aromatic nitrogens is 1. The zero-order valence-corrected chi connectivity index (χ0v) is 15.4. The number of pyridine rings is 1. The first-order valence-electron chi connectivity index (χ1n) is 7.44. The van der Waals surface area contributed by atoms with Gasteiger partial charge in [0.25, 0.3) is 5.91 Å². The maximum Gasteiger partial charge on any atom is 0.258 e. The van der Waals surface area contributed by atoms with Gasteiger partial charge >= 0.3 is 0 Å². The highest BCUT2D eigenvalue weighted by Crippen LogP contribution is 2.27. The Hall–Kier alpha value is -2.08. The lowest BCUT2D eigenvalue weighted by molar-refractivity contribution is -0.123. The molecule has 2 aromatic heterocycles. The fourth-order valence-electron chi connectivity index (χ4n) is 2.14. The third-order valence-corrected chi connectivity index (χ3v) is 4.60. The molecule has 4 nitrogen and oxygen atoms in total. The third-order valence-electron chi connectivity index (χ3n) is 3.38. The number of nitrogens with zero attached hydrogens (tertiary/aromatic N) is 1. The number of ether oxygens (including phenoxy) is 1. The summed E-state index contributed by atoms with van der Waals surface area (Å²) in [5.74, 6) is 0.185. The standard InChI is InChI=1S/C18H14Cl2N2O2S/c19-14-1-2-17(15(20)8-14)24-10-18(23)22-9-12-3-5-21-16(7-12)13-4-6-25-11-13/h1-8,11H,9-10H2,(H,22,23). The van der Waals surface area contributed by atoms with Crippen molar-refractivity contribution >= 4 is 40.4 Å². The Kier molecular flexibility index (Phi) is 5.91. The quantitative estimate of drug-likeness (QED) is 0.654. The van der Waals surface area contributed by atoms with Gasteiger partial charge in [-0.2, -0.15) is 11.3 Å². The van der Waals surface area contributed by atoms with E-state index >= 15 is 0 Å². The molecule has 0 radical (unpaired) electrons. The van der Waals surface area contributed by atoms with Gasteiger partial charge in [0.15, 0.2) is 6.61 Å². The van der Waals surface area contributed by atoms with Crippen molar-refractivity contribution < 1.29 is 9.53 Å². The topological polar surface area (TPSA) is 51.2 Å². The molecule has 3 aromatic rings. The monoisotopic (exact) mass is 392 g/mol. The number of carbonyl (C=O) groups is 1. The highest BCUT2D eigenvalue weighted by Gasteiger charge is 2.07. The Morgan fingerprint density at radius 2 is 2.08 bits per heavy atom. The van der Waals surface area contributed by atoms with Crippen molar-refractivity contribution in [1.82, 2.24) is 10.3 Å². The molecule has 0 saturated carbocycles. The lowest BCUT2D eigenvalue weighted by atomic mass is 10.1. The SMILES string of the molecule is O=C(COc1ccc(Cl)cc1Cl)NCc1ccnc(-c2ccsc2)c1. The van der Waals surface area contributed by atoms with E-state index in [1.54, 1.807) is 35.7 Å². The van der Waals surface area contributed by atoms with E-state index in [9.17, 15) is 4.79 Å². The van der Waals surface area contributed by atoms with Crippen LogP contribution in [0.2, 0.25) is 10.0 Å². The number of rotatable bonds is 6. The number of hydrogen-bond acceptors (Lipinski definition) is 4. The van der Waals surface area contributed by atoms with Crippen molar-refractivity contribution in [3.8, 4) is 17.0 Å². The molecule has 0 saturated heterocycles. The van der Waals surface area contributed by atoms with E-state index in [0.29, 0.717) is 22.3 Å². The summed E-state index contributed by atoms with van der Waals surface area (Å²) in [4.78, 5) is 16.3. The van der Waals surface area contributed by atoms with Gasteiger partial charge in [-0.3, -0.25) is 9.78 Å². The van der Waals surface area contributed by atoms with E-state index in [1.807, 2.05) is 29.0 Å². The van der Waals surface area contributed by atoms with Gasteiger partial charge in [0.2, 0.25) is 0 Å². The van der Waals surface area contributed by atoms with E-state index < -0.39 is 0 Å². The number of nitrogens with one attached hydrogen (secondary N) is 1. The smallest absolute Gasteiger partial charge is 0.258 e. The van der Waals surface area contributed by atoms with Crippen LogP contribution in [0, 0.1) is 0 Å². The van der Waals surface area contributed by atoms with Crippen LogP contribution in [-0.4, -0.2) is 17.5 Å². The maximum absolute atomic E-state index is 12.0. The molecule has 0 bridgehead atoms. The Morgan fingerprint density at radius 3 is 2.84 bits per heavy atom. The molecule has 0 aliphatic heterocycles. The molecule has 0 unspecified atom stereocenters. The Balaban J connectivity index is 1.53. The van der Waals surface area contributed by atoms with Gasteiger partial charge in [0, 0.05) is 28.7 Å². The normalized spacial score (nSPS) is 10.5. The predicted molar refractivity (Wildman–Crippen MR) is 101 cm³/mol. The average molecular weight is 393 g/mol. The van der Waals surface area contributed by atoms with Crippen LogP contribution in [0.1, 0.15) is 5.56 Å². The van der Waals surface area contributed by atoms with E-state index in [-0.39, 0.29) is 12.5 Å². The van der Waals surface area contributed by atoms with Gasteiger partial charge in [-0.15, -0.1) is 0 Å². The second-order valence-electron chi connectivity index (χ2n) is 5.20. The predicted octanol–water partition coefficient (Wildman–Crippen LogP) is 4.81. The van der Waals surface area contributed by atoms with Crippen molar-refractivity contribution in [3.63, 3.8) is 0 Å². The fourth-order valence-corrected chi connectivity index (χ4v) is 3.25. The van der Waals surface area contributed by atoms with E-state index in [4.69, 9.17) is 27.9 Å². The minimum Gasteiger partial charge on any atom is -0.482 e. The second kappa shape index (κ2) is 8.34. The lowest BCUT2D eigenvalue weighted by Crippen LogP contribution is -2.28. The van der Waals surface area contributed by atoms with Crippen molar-refractivity contribution in [1.29, 1.82) is 0 Å². The van der Waals surface area contributed by atoms with Crippen molar-refractivity contribution in [2.45, 2.75) is 6.54 Å². The fraction of sp³-hybridized carbons (Fsp3) is 0.111. The number of amides is 1. The number of benzene rings is 1. The van der Waals surface area contributed by atoms with Crippen LogP contribution in [0.3, 0.4) is 0 Å². The van der Waals surface area contributed by atoms with Crippen LogP contribution < -0.4 is 10.1 Å². The zero-order chi connectivity index (χ0) is 17.6. The molecule has 1 aromatic carbocycles. The average Bonchev–Trinajstić information content (AvgIpc) is 3.14. The molecule has 25 heavy (non-hydrogen) atoms. The summed E-state index contributed by atoms with van der Waals surface area (Å²) < 4.78 is 5.41.